The van der Waals surface area contributed by atoms with Gasteiger partial charge in [0.25, 0.3) is 0 Å². The molecule has 1 N–H and O–H groups in total. The molecule has 0 saturated carbocycles. The van der Waals surface area contributed by atoms with Crippen molar-refractivity contribution in [3.05, 3.63) is 143 Å². The van der Waals surface area contributed by atoms with E-state index in [0.717, 1.165) is 34.8 Å². The molecule has 182 valence electrons. The first-order chi connectivity index (χ1) is 17.7. The van der Waals surface area contributed by atoms with E-state index in [1.807, 2.05) is 65.6 Å². The number of benzene rings is 4. The summed E-state index contributed by atoms with van der Waals surface area (Å²) in [6.45, 7) is 2.82. The third-order valence-corrected chi connectivity index (χ3v) is 7.16. The summed E-state index contributed by atoms with van der Waals surface area (Å²) in [7, 11) is 0. The summed E-state index contributed by atoms with van der Waals surface area (Å²) in [5.74, 6) is 0. The normalized spacial score (nSPS) is 15.0. The number of nitrogens with zero attached hydrogens (tertiary/aromatic N) is 2. The Labute approximate surface area is 218 Å². The lowest BCUT2D eigenvalue weighted by molar-refractivity contribution is 0.119. The Morgan fingerprint density at radius 1 is 0.639 bits per heavy atom. The molecule has 0 aromatic heterocycles. The molecule has 2 amide bonds. The lowest BCUT2D eigenvalue weighted by Gasteiger charge is -2.40. The van der Waals surface area contributed by atoms with E-state index in [4.69, 9.17) is 11.6 Å². The van der Waals surface area contributed by atoms with Crippen LogP contribution >= 0.6 is 11.6 Å². The van der Waals surface area contributed by atoms with Crippen LogP contribution < -0.4 is 5.32 Å². The highest BCUT2D eigenvalue weighted by Crippen LogP contribution is 2.34. The van der Waals surface area contributed by atoms with Gasteiger partial charge in [-0.15, -0.1) is 0 Å². The zero-order chi connectivity index (χ0) is 24.7. The lowest BCUT2D eigenvalue weighted by atomic mass is 9.96. The van der Waals surface area contributed by atoms with Gasteiger partial charge in [-0.25, -0.2) is 4.79 Å². The Balaban J connectivity index is 1.31. The molecule has 0 bridgehead atoms. The van der Waals surface area contributed by atoms with Gasteiger partial charge < -0.3 is 10.2 Å². The van der Waals surface area contributed by atoms with Gasteiger partial charge in [0.15, 0.2) is 0 Å². The SMILES string of the molecule is O=C(NC(c1ccccc1)c1ccccc1)N1CCN(C(c2ccccc2)c2ccccc2Cl)CC1. The molecule has 0 aliphatic carbocycles. The quantitative estimate of drug-likeness (QED) is 0.329. The number of halogens is 1. The summed E-state index contributed by atoms with van der Waals surface area (Å²) in [6.07, 6.45) is 0. The van der Waals surface area contributed by atoms with E-state index in [1.54, 1.807) is 0 Å². The van der Waals surface area contributed by atoms with E-state index in [2.05, 4.69) is 64.8 Å². The third-order valence-electron chi connectivity index (χ3n) is 6.82. The van der Waals surface area contributed by atoms with Crippen LogP contribution in [0.25, 0.3) is 0 Å². The van der Waals surface area contributed by atoms with Crippen molar-refractivity contribution in [2.45, 2.75) is 12.1 Å². The van der Waals surface area contributed by atoms with Crippen LogP contribution in [0.15, 0.2) is 115 Å². The van der Waals surface area contributed by atoms with Crippen molar-refractivity contribution in [2.24, 2.45) is 0 Å². The minimum absolute atomic E-state index is 0.0404. The maximum atomic E-state index is 13.4. The summed E-state index contributed by atoms with van der Waals surface area (Å²) in [6, 6.07) is 38.6. The highest BCUT2D eigenvalue weighted by atomic mass is 35.5. The first-order valence-electron chi connectivity index (χ1n) is 12.4. The van der Waals surface area contributed by atoms with Gasteiger partial charge in [0, 0.05) is 31.2 Å². The Hall–Kier alpha value is -3.60. The Bertz CT molecular complexity index is 1220. The largest absolute Gasteiger partial charge is 0.327 e. The predicted octanol–water partition coefficient (Wildman–Crippen LogP) is 6.55. The summed E-state index contributed by atoms with van der Waals surface area (Å²) >= 11 is 6.64. The van der Waals surface area contributed by atoms with Crippen LogP contribution in [0, 0.1) is 0 Å². The van der Waals surface area contributed by atoms with Crippen LogP contribution in [0.4, 0.5) is 4.79 Å². The van der Waals surface area contributed by atoms with E-state index in [0.29, 0.717) is 13.1 Å². The fourth-order valence-corrected chi connectivity index (χ4v) is 5.21. The van der Waals surface area contributed by atoms with Gasteiger partial charge in [-0.3, -0.25) is 4.90 Å². The maximum Gasteiger partial charge on any atom is 0.318 e. The van der Waals surface area contributed by atoms with Crippen LogP contribution in [0.3, 0.4) is 0 Å². The summed E-state index contributed by atoms with van der Waals surface area (Å²) in [5.41, 5.74) is 4.44. The van der Waals surface area contributed by atoms with Gasteiger partial charge >= 0.3 is 6.03 Å². The topological polar surface area (TPSA) is 35.6 Å². The Kier molecular flexibility index (Phi) is 7.65. The minimum atomic E-state index is -0.196. The Morgan fingerprint density at radius 3 is 1.64 bits per heavy atom. The highest BCUT2D eigenvalue weighted by Gasteiger charge is 2.30. The average Bonchev–Trinajstić information content (AvgIpc) is 2.95. The van der Waals surface area contributed by atoms with E-state index < -0.39 is 0 Å². The molecule has 4 nitrogen and oxygen atoms in total. The van der Waals surface area contributed by atoms with E-state index in [-0.39, 0.29) is 18.1 Å². The van der Waals surface area contributed by atoms with Gasteiger partial charge in [-0.2, -0.15) is 0 Å². The molecule has 1 unspecified atom stereocenters. The zero-order valence-electron chi connectivity index (χ0n) is 20.1. The molecule has 36 heavy (non-hydrogen) atoms. The smallest absolute Gasteiger partial charge is 0.318 e. The van der Waals surface area contributed by atoms with Crippen LogP contribution in [0.1, 0.15) is 34.3 Å². The molecule has 0 radical (unpaired) electrons. The molecule has 0 spiro atoms. The molecule has 1 atom stereocenters. The second kappa shape index (κ2) is 11.4. The summed E-state index contributed by atoms with van der Waals surface area (Å²) in [5, 5.41) is 4.05. The number of nitrogens with one attached hydrogen (secondary N) is 1. The molecule has 1 saturated heterocycles. The van der Waals surface area contributed by atoms with Crippen molar-refractivity contribution < 1.29 is 4.79 Å². The maximum absolute atomic E-state index is 13.4. The molecular formula is C31H30ClN3O. The molecule has 1 aliphatic rings. The van der Waals surface area contributed by atoms with Gasteiger partial charge in [0.05, 0.1) is 12.1 Å². The van der Waals surface area contributed by atoms with Crippen LogP contribution in [-0.2, 0) is 0 Å². The van der Waals surface area contributed by atoms with Gasteiger partial charge in [-0.05, 0) is 28.3 Å². The molecule has 4 aromatic carbocycles. The first kappa shape index (κ1) is 24.1. The van der Waals surface area contributed by atoms with Crippen molar-refractivity contribution in [3.63, 3.8) is 0 Å². The lowest BCUT2D eigenvalue weighted by Crippen LogP contribution is -2.53. The number of rotatable bonds is 6. The Morgan fingerprint density at radius 2 is 1.11 bits per heavy atom. The zero-order valence-corrected chi connectivity index (χ0v) is 20.9. The molecule has 1 heterocycles. The van der Waals surface area contributed by atoms with Crippen LogP contribution in [0.5, 0.6) is 0 Å². The van der Waals surface area contributed by atoms with E-state index >= 15 is 0 Å². The molecule has 5 rings (SSSR count). The molecule has 1 fully saturated rings. The number of urea groups is 1. The van der Waals surface area contributed by atoms with E-state index in [9.17, 15) is 4.79 Å². The average molecular weight is 496 g/mol. The third kappa shape index (κ3) is 5.46. The van der Waals surface area contributed by atoms with E-state index in [1.165, 1.54) is 5.56 Å². The van der Waals surface area contributed by atoms with Gasteiger partial charge in [-0.1, -0.05) is 121 Å². The standard InChI is InChI=1S/C31H30ClN3O/c32-28-19-11-10-18-27(28)30(26-16-8-3-9-17-26)34-20-22-35(23-21-34)31(36)33-29(24-12-4-1-5-13-24)25-14-6-2-7-15-25/h1-19,29-30H,20-23H2,(H,33,36). The number of hydrogen-bond donors (Lipinski definition) is 1. The number of amides is 2. The van der Waals surface area contributed by atoms with Crippen molar-refractivity contribution in [1.29, 1.82) is 0 Å². The number of carbonyl (C=O) groups is 1. The molecule has 1 aliphatic heterocycles. The summed E-state index contributed by atoms with van der Waals surface area (Å²) < 4.78 is 0. The van der Waals surface area contributed by atoms with Gasteiger partial charge in [0.2, 0.25) is 0 Å². The number of carbonyl (C=O) groups excluding carboxylic acids is 1. The second-order valence-corrected chi connectivity index (χ2v) is 9.47. The van der Waals surface area contributed by atoms with Crippen molar-refractivity contribution in [3.8, 4) is 0 Å². The summed E-state index contributed by atoms with van der Waals surface area (Å²) in [4.78, 5) is 17.7. The highest BCUT2D eigenvalue weighted by molar-refractivity contribution is 6.31. The molecule has 4 aromatic rings. The first-order valence-corrected chi connectivity index (χ1v) is 12.8. The van der Waals surface area contributed by atoms with Crippen molar-refractivity contribution in [1.82, 2.24) is 15.1 Å². The number of piperazine rings is 1. The van der Waals surface area contributed by atoms with Crippen molar-refractivity contribution >= 4 is 17.6 Å². The second-order valence-electron chi connectivity index (χ2n) is 9.06. The molecule has 5 heteroatoms. The monoisotopic (exact) mass is 495 g/mol. The molecular weight excluding hydrogens is 466 g/mol. The minimum Gasteiger partial charge on any atom is -0.327 e. The van der Waals surface area contributed by atoms with Gasteiger partial charge in [0.1, 0.15) is 0 Å². The fourth-order valence-electron chi connectivity index (χ4n) is 4.97. The van der Waals surface area contributed by atoms with Crippen LogP contribution in [0.2, 0.25) is 5.02 Å². The van der Waals surface area contributed by atoms with Crippen molar-refractivity contribution in [2.75, 3.05) is 26.2 Å². The predicted molar refractivity (Wildman–Crippen MR) is 146 cm³/mol. The fraction of sp³-hybridized carbons (Fsp3) is 0.194. The van der Waals surface area contributed by atoms with Crippen LogP contribution in [-0.4, -0.2) is 42.0 Å². The number of hydrogen-bond acceptors (Lipinski definition) is 2.